The van der Waals surface area contributed by atoms with Crippen molar-refractivity contribution in [2.75, 3.05) is 0 Å². The molecule has 4 rings (SSSR count). The number of hydrogen-bond donors (Lipinski definition) is 0. The van der Waals surface area contributed by atoms with Crippen molar-refractivity contribution in [3.8, 4) is 0 Å². The van der Waals surface area contributed by atoms with Crippen molar-refractivity contribution < 1.29 is 92.2 Å². The van der Waals surface area contributed by atoms with Gasteiger partial charge in [-0.2, -0.15) is 92.2 Å². The Hall–Kier alpha value is -3.36. The summed E-state index contributed by atoms with van der Waals surface area (Å²) in [6.07, 6.45) is -11.9. The Bertz CT molecular complexity index is 1690. The molecule has 0 radical (unpaired) electrons. The summed E-state index contributed by atoms with van der Waals surface area (Å²) in [5, 5.41) is 0. The number of alkyl halides is 21. The van der Waals surface area contributed by atoms with Crippen molar-refractivity contribution >= 4 is 5.71 Å². The minimum absolute atomic E-state index is 0.0718. The van der Waals surface area contributed by atoms with Gasteiger partial charge in [0, 0.05) is 23.0 Å². The molecule has 0 N–H and O–H groups in total. The normalized spacial score (nSPS) is 22.9. The van der Waals surface area contributed by atoms with E-state index in [0.29, 0.717) is 0 Å². The van der Waals surface area contributed by atoms with Crippen LogP contribution in [0.2, 0.25) is 0 Å². The molecule has 1 saturated carbocycles. The summed E-state index contributed by atoms with van der Waals surface area (Å²) in [5.41, 5.74) is -4.44. The highest BCUT2D eigenvalue weighted by atomic mass is 19.4. The molecule has 1 heterocycles. The SMILES string of the molecule is C[C@]12CCC[C@@]1(CC(F)(F)C(F)(F)C(F)(F)C(F)(F)C(F)(F)C(F)(F)C(F)(F)C(F)(F)C(F)(F)C(F)(F)F)N=C(c1ccccc1)c1ccccc12. The van der Waals surface area contributed by atoms with E-state index in [4.69, 9.17) is 0 Å². The molecule has 22 heteroatoms. The zero-order chi connectivity index (χ0) is 40.2. The maximum absolute atomic E-state index is 15.6. The first-order chi connectivity index (χ1) is 23.1. The summed E-state index contributed by atoms with van der Waals surface area (Å²) in [6.45, 7) is 1.12. The van der Waals surface area contributed by atoms with E-state index in [1.807, 2.05) is 0 Å². The molecule has 0 spiro atoms. The number of nitrogens with zero attached hydrogens (tertiary/aromatic N) is 1. The van der Waals surface area contributed by atoms with Crippen LogP contribution >= 0.6 is 0 Å². The monoisotopic (exact) mass is 793 g/mol. The molecule has 0 unspecified atom stereocenters. The number of fused-ring (bicyclic) bond motifs is 3. The molecule has 2 atom stereocenters. The molecule has 1 aliphatic heterocycles. The van der Waals surface area contributed by atoms with Gasteiger partial charge in [-0.25, -0.2) is 0 Å². The van der Waals surface area contributed by atoms with Crippen molar-refractivity contribution in [3.63, 3.8) is 0 Å². The molecule has 2 aromatic carbocycles. The molecule has 0 bridgehead atoms. The summed E-state index contributed by atoms with van der Waals surface area (Å²) < 4.78 is 295. The molecule has 0 saturated heterocycles. The maximum atomic E-state index is 15.6. The van der Waals surface area contributed by atoms with Crippen LogP contribution in [0.4, 0.5) is 92.2 Å². The Morgan fingerprint density at radius 2 is 0.904 bits per heavy atom. The highest BCUT2D eigenvalue weighted by Crippen LogP contribution is 2.68. The third-order valence-corrected chi connectivity index (χ3v) is 9.53. The number of rotatable bonds is 11. The van der Waals surface area contributed by atoms with Crippen molar-refractivity contribution in [2.45, 2.75) is 103 Å². The summed E-state index contributed by atoms with van der Waals surface area (Å²) in [5.74, 6) is -77.3. The van der Waals surface area contributed by atoms with E-state index < -0.39 is 83.3 Å². The number of hydrogen-bond acceptors (Lipinski definition) is 1. The van der Waals surface area contributed by atoms with E-state index in [1.54, 1.807) is 0 Å². The van der Waals surface area contributed by atoms with Crippen LogP contribution in [-0.4, -0.2) is 70.7 Å². The molecule has 0 amide bonds. The third kappa shape index (κ3) is 5.05. The highest BCUT2D eigenvalue weighted by molar-refractivity contribution is 6.15. The van der Waals surface area contributed by atoms with Crippen molar-refractivity contribution in [1.29, 1.82) is 0 Å². The highest BCUT2D eigenvalue weighted by Gasteiger charge is 2.98. The molecule has 1 aliphatic carbocycles. The molecule has 2 aliphatic rings. The van der Waals surface area contributed by atoms with Crippen LogP contribution < -0.4 is 0 Å². The summed E-state index contributed by atoms with van der Waals surface area (Å²) in [6, 6.07) is 12.3. The van der Waals surface area contributed by atoms with Gasteiger partial charge in [0.1, 0.15) is 0 Å². The van der Waals surface area contributed by atoms with Gasteiger partial charge in [-0.05, 0) is 18.4 Å². The van der Waals surface area contributed by atoms with Crippen molar-refractivity contribution in [3.05, 3.63) is 71.3 Å². The van der Waals surface area contributed by atoms with Gasteiger partial charge in [0.05, 0.1) is 11.3 Å². The fourth-order valence-electron chi connectivity index (χ4n) is 6.46. The second-order valence-corrected chi connectivity index (χ2v) is 12.6. The van der Waals surface area contributed by atoms with Gasteiger partial charge in [-0.3, -0.25) is 4.99 Å². The fourth-order valence-corrected chi connectivity index (χ4v) is 6.46. The maximum Gasteiger partial charge on any atom is 0.460 e. The van der Waals surface area contributed by atoms with E-state index in [1.165, 1.54) is 54.6 Å². The van der Waals surface area contributed by atoms with Gasteiger partial charge < -0.3 is 0 Å². The molecule has 1 fully saturated rings. The van der Waals surface area contributed by atoms with E-state index in [0.717, 1.165) is 6.92 Å². The van der Waals surface area contributed by atoms with Crippen LogP contribution in [0.25, 0.3) is 0 Å². The Kier molecular flexibility index (Phi) is 9.21. The minimum Gasteiger partial charge on any atom is -0.276 e. The van der Waals surface area contributed by atoms with Crippen LogP contribution in [0, 0.1) is 0 Å². The zero-order valence-electron chi connectivity index (χ0n) is 25.4. The second kappa shape index (κ2) is 11.6. The minimum atomic E-state index is -9.21. The first-order valence-corrected chi connectivity index (χ1v) is 14.3. The van der Waals surface area contributed by atoms with Crippen molar-refractivity contribution in [1.82, 2.24) is 0 Å². The van der Waals surface area contributed by atoms with Gasteiger partial charge in [-0.15, -0.1) is 0 Å². The summed E-state index contributed by atoms with van der Waals surface area (Å²) in [4.78, 5) is 4.15. The first kappa shape index (κ1) is 41.4. The lowest BCUT2D eigenvalue weighted by molar-refractivity contribution is -0.474. The lowest BCUT2D eigenvalue weighted by Gasteiger charge is -2.49. The molecular weight excluding hydrogens is 773 g/mol. The Morgan fingerprint density at radius 3 is 1.37 bits per heavy atom. The van der Waals surface area contributed by atoms with Gasteiger partial charge in [-0.1, -0.05) is 67.9 Å². The van der Waals surface area contributed by atoms with E-state index in [2.05, 4.69) is 4.99 Å². The van der Waals surface area contributed by atoms with Crippen LogP contribution in [0.15, 0.2) is 59.6 Å². The Labute approximate surface area is 277 Å². The van der Waals surface area contributed by atoms with E-state index in [-0.39, 0.29) is 35.2 Å². The van der Waals surface area contributed by atoms with Crippen LogP contribution in [0.5, 0.6) is 0 Å². The first-order valence-electron chi connectivity index (χ1n) is 14.3. The number of halogens is 21. The topological polar surface area (TPSA) is 12.4 Å². The van der Waals surface area contributed by atoms with Gasteiger partial charge in [0.25, 0.3) is 0 Å². The molecular formula is C30H20F21N. The largest absolute Gasteiger partial charge is 0.460 e. The standard InChI is InChI=1S/C30H20F21N/c1-19-12-7-13-20(19,52-18(15-8-3-2-4-9-15)16-10-5-6-11-17(16)19)14-21(31,32)22(33,34)23(35,36)24(37,38)25(39,40)26(41,42)27(43,44)28(45,46)29(47,48)30(49,50)51/h2-6,8-11H,7,12-14H2,1H3/t19-,20+/m1/s1. The molecule has 2 aromatic rings. The molecule has 52 heavy (non-hydrogen) atoms. The molecule has 0 aromatic heterocycles. The van der Waals surface area contributed by atoms with Crippen LogP contribution in [-0.2, 0) is 5.41 Å². The smallest absolute Gasteiger partial charge is 0.276 e. The van der Waals surface area contributed by atoms with Gasteiger partial charge in [0.15, 0.2) is 0 Å². The van der Waals surface area contributed by atoms with E-state index >= 15 is 17.6 Å². The quantitative estimate of drug-likeness (QED) is 0.201. The second-order valence-electron chi connectivity index (χ2n) is 12.6. The average Bonchev–Trinajstić information content (AvgIpc) is 3.35. The fraction of sp³-hybridized carbons (Fsp3) is 0.567. The number of aliphatic imine (C=N–C) groups is 1. The van der Waals surface area contributed by atoms with Crippen LogP contribution in [0.1, 0.15) is 49.3 Å². The average molecular weight is 793 g/mol. The van der Waals surface area contributed by atoms with Gasteiger partial charge in [0.2, 0.25) is 0 Å². The third-order valence-electron chi connectivity index (χ3n) is 9.53. The predicted molar refractivity (Wildman–Crippen MR) is 138 cm³/mol. The van der Waals surface area contributed by atoms with Crippen LogP contribution in [0.3, 0.4) is 0 Å². The number of benzene rings is 2. The van der Waals surface area contributed by atoms with Gasteiger partial charge >= 0.3 is 59.5 Å². The molecule has 1 nitrogen and oxygen atoms in total. The van der Waals surface area contributed by atoms with Crippen molar-refractivity contribution in [2.24, 2.45) is 4.99 Å². The lowest BCUT2D eigenvalue weighted by Crippen LogP contribution is -2.77. The summed E-state index contributed by atoms with van der Waals surface area (Å²) in [7, 11) is 0. The Balaban J connectivity index is 1.84. The zero-order valence-corrected chi connectivity index (χ0v) is 25.4. The predicted octanol–water partition coefficient (Wildman–Crippen LogP) is 11.4. The van der Waals surface area contributed by atoms with E-state index in [9.17, 15) is 74.6 Å². The molecule has 292 valence electrons. The lowest BCUT2D eigenvalue weighted by atomic mass is 9.62. The Morgan fingerprint density at radius 1 is 0.500 bits per heavy atom. The summed E-state index contributed by atoms with van der Waals surface area (Å²) >= 11 is 0.